The second-order valence-electron chi connectivity index (χ2n) is 9.80. The summed E-state index contributed by atoms with van der Waals surface area (Å²) in [7, 11) is -4.01. The predicted octanol–water partition coefficient (Wildman–Crippen LogP) is 3.25. The third-order valence-electron chi connectivity index (χ3n) is 5.76. The molecule has 2 aromatic rings. The first-order valence-electron chi connectivity index (χ1n) is 11.7. The maximum absolute atomic E-state index is 13.5. The second-order valence-corrected chi connectivity index (χ2v) is 11.6. The highest BCUT2D eigenvalue weighted by atomic mass is 32.2. The van der Waals surface area contributed by atoms with Crippen molar-refractivity contribution >= 4 is 27.7 Å². The predicted molar refractivity (Wildman–Crippen MR) is 133 cm³/mol. The van der Waals surface area contributed by atoms with Gasteiger partial charge in [0, 0.05) is 25.0 Å². The van der Waals surface area contributed by atoms with Gasteiger partial charge in [0.05, 0.1) is 5.56 Å². The molecule has 0 aliphatic carbocycles. The van der Waals surface area contributed by atoms with E-state index >= 15 is 0 Å². The highest BCUT2D eigenvalue weighted by molar-refractivity contribution is 7.90. The van der Waals surface area contributed by atoms with Crippen LogP contribution in [0.15, 0.2) is 53.4 Å². The standard InChI is InChI=1S/C26H33N3O5S/c1-6-21(24(31)27-26(3,4)5)28(17-19-11-9-10-18(2)16-19)23(30)14-15-29-25(32)20-12-7-8-13-22(20)35(29,33)34/h7-13,16,21H,6,14-15,17H2,1-5H3,(H,27,31)/t21-/m0/s1. The highest BCUT2D eigenvalue weighted by Crippen LogP contribution is 2.30. The van der Waals surface area contributed by atoms with Gasteiger partial charge < -0.3 is 10.2 Å². The number of nitrogens with one attached hydrogen (secondary N) is 1. The average molecular weight is 500 g/mol. The minimum Gasteiger partial charge on any atom is -0.350 e. The molecule has 0 bridgehead atoms. The van der Waals surface area contributed by atoms with Crippen LogP contribution in [0.1, 0.15) is 62.0 Å². The normalized spacial score (nSPS) is 15.5. The van der Waals surface area contributed by atoms with Crippen LogP contribution in [0, 0.1) is 6.92 Å². The van der Waals surface area contributed by atoms with Gasteiger partial charge in [0.1, 0.15) is 10.9 Å². The molecular formula is C26H33N3O5S. The molecule has 0 spiro atoms. The molecule has 1 aliphatic rings. The van der Waals surface area contributed by atoms with Crippen LogP contribution in [-0.2, 0) is 26.2 Å². The molecule has 9 heteroatoms. The lowest BCUT2D eigenvalue weighted by atomic mass is 10.0. The fourth-order valence-corrected chi connectivity index (χ4v) is 5.74. The van der Waals surface area contributed by atoms with Crippen molar-refractivity contribution in [2.45, 2.75) is 70.5 Å². The van der Waals surface area contributed by atoms with Crippen molar-refractivity contribution in [2.75, 3.05) is 6.54 Å². The molecule has 2 aromatic carbocycles. The Bertz CT molecular complexity index is 1230. The second kappa shape index (κ2) is 10.2. The van der Waals surface area contributed by atoms with Gasteiger partial charge in [-0.3, -0.25) is 14.4 Å². The van der Waals surface area contributed by atoms with E-state index in [4.69, 9.17) is 0 Å². The van der Waals surface area contributed by atoms with Crippen LogP contribution >= 0.6 is 0 Å². The molecule has 1 heterocycles. The summed E-state index contributed by atoms with van der Waals surface area (Å²) in [6, 6.07) is 12.9. The van der Waals surface area contributed by atoms with Gasteiger partial charge in [0.25, 0.3) is 15.9 Å². The number of hydrogen-bond acceptors (Lipinski definition) is 5. The van der Waals surface area contributed by atoms with Crippen LogP contribution in [-0.4, -0.2) is 53.5 Å². The fourth-order valence-electron chi connectivity index (χ4n) is 4.17. The highest BCUT2D eigenvalue weighted by Gasteiger charge is 2.41. The largest absolute Gasteiger partial charge is 0.350 e. The van der Waals surface area contributed by atoms with Gasteiger partial charge in [-0.2, -0.15) is 0 Å². The van der Waals surface area contributed by atoms with Crippen molar-refractivity contribution in [3.05, 3.63) is 65.2 Å². The molecule has 8 nitrogen and oxygen atoms in total. The van der Waals surface area contributed by atoms with E-state index in [2.05, 4.69) is 5.32 Å². The van der Waals surface area contributed by atoms with E-state index in [1.807, 2.05) is 58.9 Å². The zero-order valence-electron chi connectivity index (χ0n) is 20.9. The van der Waals surface area contributed by atoms with E-state index in [0.717, 1.165) is 15.4 Å². The maximum Gasteiger partial charge on any atom is 0.269 e. The van der Waals surface area contributed by atoms with Gasteiger partial charge in [-0.1, -0.05) is 48.9 Å². The van der Waals surface area contributed by atoms with Gasteiger partial charge in [0.2, 0.25) is 11.8 Å². The van der Waals surface area contributed by atoms with Gasteiger partial charge in [-0.05, 0) is 51.8 Å². The molecule has 0 fully saturated rings. The van der Waals surface area contributed by atoms with Gasteiger partial charge in [0.15, 0.2) is 0 Å². The van der Waals surface area contributed by atoms with E-state index in [1.165, 1.54) is 17.0 Å². The number of benzene rings is 2. The van der Waals surface area contributed by atoms with Gasteiger partial charge >= 0.3 is 0 Å². The third-order valence-corrected chi connectivity index (χ3v) is 7.60. The summed E-state index contributed by atoms with van der Waals surface area (Å²) in [6.45, 7) is 9.27. The molecule has 0 radical (unpaired) electrons. The van der Waals surface area contributed by atoms with Gasteiger partial charge in [-0.25, -0.2) is 12.7 Å². The quantitative estimate of drug-likeness (QED) is 0.601. The lowest BCUT2D eigenvalue weighted by Crippen LogP contribution is -2.53. The lowest BCUT2D eigenvalue weighted by Gasteiger charge is -2.33. The number of fused-ring (bicyclic) bond motifs is 1. The average Bonchev–Trinajstić information content (AvgIpc) is 2.96. The minimum absolute atomic E-state index is 0.0509. The van der Waals surface area contributed by atoms with Crippen molar-refractivity contribution < 1.29 is 22.8 Å². The number of carbonyl (C=O) groups is 3. The van der Waals surface area contributed by atoms with Crippen LogP contribution in [0.4, 0.5) is 0 Å². The van der Waals surface area contributed by atoms with Crippen LogP contribution in [0.5, 0.6) is 0 Å². The molecule has 1 N–H and O–H groups in total. The molecular weight excluding hydrogens is 466 g/mol. The molecule has 1 atom stereocenters. The zero-order valence-corrected chi connectivity index (χ0v) is 21.7. The number of sulfonamides is 1. The number of rotatable bonds is 8. The topological polar surface area (TPSA) is 104 Å². The smallest absolute Gasteiger partial charge is 0.269 e. The molecule has 0 saturated heterocycles. The summed E-state index contributed by atoms with van der Waals surface area (Å²) in [5.74, 6) is -1.32. The summed E-state index contributed by atoms with van der Waals surface area (Å²) in [6.07, 6.45) is 0.149. The summed E-state index contributed by atoms with van der Waals surface area (Å²) >= 11 is 0. The van der Waals surface area contributed by atoms with Crippen LogP contribution in [0.2, 0.25) is 0 Å². The Balaban J connectivity index is 1.85. The van der Waals surface area contributed by atoms with Crippen molar-refractivity contribution in [1.82, 2.24) is 14.5 Å². The molecule has 1 aliphatic heterocycles. The molecule has 0 aromatic heterocycles. The fraction of sp³-hybridized carbons (Fsp3) is 0.423. The Hall–Kier alpha value is -3.20. The van der Waals surface area contributed by atoms with Crippen LogP contribution in [0.25, 0.3) is 0 Å². The summed E-state index contributed by atoms with van der Waals surface area (Å²) in [5.41, 5.74) is 1.50. The van der Waals surface area contributed by atoms with E-state index in [1.54, 1.807) is 12.1 Å². The SMILES string of the molecule is CC[C@@H](C(=O)NC(C)(C)C)N(Cc1cccc(C)c1)C(=O)CCN1C(=O)c2ccccc2S1(=O)=O. The summed E-state index contributed by atoms with van der Waals surface area (Å²) in [5, 5.41) is 2.94. The van der Waals surface area contributed by atoms with Crippen molar-refractivity contribution in [3.8, 4) is 0 Å². The first-order chi connectivity index (χ1) is 16.3. The first-order valence-corrected chi connectivity index (χ1v) is 13.1. The molecule has 0 unspecified atom stereocenters. The molecule has 35 heavy (non-hydrogen) atoms. The molecule has 0 saturated carbocycles. The molecule has 3 amide bonds. The van der Waals surface area contributed by atoms with Crippen LogP contribution in [0.3, 0.4) is 0 Å². The first kappa shape index (κ1) is 26.4. The Kier molecular flexibility index (Phi) is 7.69. The Morgan fingerprint density at radius 2 is 1.77 bits per heavy atom. The summed E-state index contributed by atoms with van der Waals surface area (Å²) in [4.78, 5) is 40.7. The van der Waals surface area contributed by atoms with Gasteiger partial charge in [-0.15, -0.1) is 0 Å². The number of hydrogen-bond donors (Lipinski definition) is 1. The van der Waals surface area contributed by atoms with Crippen molar-refractivity contribution in [3.63, 3.8) is 0 Å². The number of aryl methyl sites for hydroxylation is 1. The monoisotopic (exact) mass is 499 g/mol. The molecule has 188 valence electrons. The Labute approximate surface area is 207 Å². The van der Waals surface area contributed by atoms with Crippen molar-refractivity contribution in [1.29, 1.82) is 0 Å². The number of amides is 3. The number of nitrogens with zero attached hydrogens (tertiary/aromatic N) is 2. The Morgan fingerprint density at radius 1 is 1.09 bits per heavy atom. The van der Waals surface area contributed by atoms with Crippen LogP contribution < -0.4 is 5.32 Å². The molecule has 3 rings (SSSR count). The minimum atomic E-state index is -4.01. The van der Waals surface area contributed by atoms with E-state index < -0.39 is 33.4 Å². The summed E-state index contributed by atoms with van der Waals surface area (Å²) < 4.78 is 26.5. The maximum atomic E-state index is 13.5. The third kappa shape index (κ3) is 5.90. The number of carbonyl (C=O) groups excluding carboxylic acids is 3. The van der Waals surface area contributed by atoms with E-state index in [0.29, 0.717) is 6.42 Å². The van der Waals surface area contributed by atoms with E-state index in [-0.39, 0.29) is 35.9 Å². The Morgan fingerprint density at radius 3 is 2.37 bits per heavy atom. The van der Waals surface area contributed by atoms with Crippen molar-refractivity contribution in [2.24, 2.45) is 0 Å². The lowest BCUT2D eigenvalue weighted by molar-refractivity contribution is -0.142. The zero-order chi connectivity index (χ0) is 26.0. The van der Waals surface area contributed by atoms with E-state index in [9.17, 15) is 22.8 Å².